The minimum atomic E-state index is -0.294. The van der Waals surface area contributed by atoms with Crippen LogP contribution in [-0.4, -0.2) is 32.8 Å². The number of benzene rings is 2. The second-order valence-corrected chi connectivity index (χ2v) is 8.46. The SMILES string of the molecule is COC(=O)c1ccc(N(CC2COC2)c2cc(C3CC3)cc(C3CC3)c2)cc1. The third-order valence-electron chi connectivity index (χ3n) is 6.12. The van der Waals surface area contributed by atoms with Crippen molar-refractivity contribution in [3.05, 3.63) is 59.2 Å². The highest BCUT2D eigenvalue weighted by atomic mass is 16.5. The van der Waals surface area contributed by atoms with E-state index >= 15 is 0 Å². The highest BCUT2D eigenvalue weighted by molar-refractivity contribution is 5.89. The summed E-state index contributed by atoms with van der Waals surface area (Å²) in [6.07, 6.45) is 5.27. The summed E-state index contributed by atoms with van der Waals surface area (Å²) in [4.78, 5) is 14.2. The Bertz CT molecular complexity index is 834. The lowest BCUT2D eigenvalue weighted by Crippen LogP contribution is -2.37. The van der Waals surface area contributed by atoms with Crippen LogP contribution in [-0.2, 0) is 9.47 Å². The molecular formula is C24H27NO3. The first-order chi connectivity index (χ1) is 13.7. The Morgan fingerprint density at radius 1 is 0.964 bits per heavy atom. The molecule has 4 nitrogen and oxygen atoms in total. The number of hydrogen-bond donors (Lipinski definition) is 0. The summed E-state index contributed by atoms with van der Waals surface area (Å²) in [5.74, 6) is 1.74. The Balaban J connectivity index is 1.50. The summed E-state index contributed by atoms with van der Waals surface area (Å²) < 4.78 is 10.3. The Hall–Kier alpha value is -2.33. The van der Waals surface area contributed by atoms with E-state index in [0.717, 1.165) is 37.3 Å². The molecule has 146 valence electrons. The van der Waals surface area contributed by atoms with E-state index in [0.29, 0.717) is 11.5 Å². The maximum atomic E-state index is 11.8. The third-order valence-corrected chi connectivity index (χ3v) is 6.12. The molecule has 0 unspecified atom stereocenters. The molecule has 28 heavy (non-hydrogen) atoms. The second-order valence-electron chi connectivity index (χ2n) is 8.46. The molecule has 0 atom stereocenters. The Labute approximate surface area is 166 Å². The van der Waals surface area contributed by atoms with Crippen molar-refractivity contribution in [3.8, 4) is 0 Å². The lowest BCUT2D eigenvalue weighted by Gasteiger charge is -2.34. The number of carbonyl (C=O) groups excluding carboxylic acids is 1. The summed E-state index contributed by atoms with van der Waals surface area (Å²) in [5.41, 5.74) is 5.99. The van der Waals surface area contributed by atoms with Crippen molar-refractivity contribution in [1.82, 2.24) is 0 Å². The monoisotopic (exact) mass is 377 g/mol. The van der Waals surface area contributed by atoms with Crippen molar-refractivity contribution < 1.29 is 14.3 Å². The molecule has 2 saturated carbocycles. The van der Waals surface area contributed by atoms with Crippen LogP contribution < -0.4 is 4.90 Å². The van der Waals surface area contributed by atoms with Crippen LogP contribution in [0.4, 0.5) is 11.4 Å². The average Bonchev–Trinajstić information content (AvgIpc) is 3.58. The predicted octanol–water partition coefficient (Wildman–Crippen LogP) is 5.01. The zero-order valence-corrected chi connectivity index (χ0v) is 16.4. The number of ether oxygens (including phenoxy) is 2. The average molecular weight is 377 g/mol. The lowest BCUT2D eigenvalue weighted by molar-refractivity contribution is -0.0267. The van der Waals surface area contributed by atoms with Gasteiger partial charge in [0.25, 0.3) is 0 Å². The molecule has 0 amide bonds. The first-order valence-corrected chi connectivity index (χ1v) is 10.4. The molecule has 2 aromatic carbocycles. The normalized spacial score (nSPS) is 19.2. The molecule has 3 fully saturated rings. The molecule has 3 aliphatic rings. The minimum absolute atomic E-state index is 0.294. The molecule has 0 aromatic heterocycles. The van der Waals surface area contributed by atoms with E-state index in [4.69, 9.17) is 9.47 Å². The van der Waals surface area contributed by atoms with E-state index in [2.05, 4.69) is 23.1 Å². The molecular weight excluding hydrogens is 350 g/mol. The number of rotatable bonds is 7. The van der Waals surface area contributed by atoms with Crippen LogP contribution in [0, 0.1) is 5.92 Å². The molecule has 1 heterocycles. The Kier molecular flexibility index (Phi) is 4.59. The highest BCUT2D eigenvalue weighted by Gasteiger charge is 2.30. The first kappa shape index (κ1) is 17.7. The van der Waals surface area contributed by atoms with Crippen LogP contribution in [0.3, 0.4) is 0 Å². The number of methoxy groups -OCH3 is 1. The maximum Gasteiger partial charge on any atom is 0.337 e. The number of hydrogen-bond acceptors (Lipinski definition) is 4. The molecule has 2 aliphatic carbocycles. The van der Waals surface area contributed by atoms with Gasteiger partial charge in [0.1, 0.15) is 0 Å². The van der Waals surface area contributed by atoms with Crippen LogP contribution in [0.15, 0.2) is 42.5 Å². The van der Waals surface area contributed by atoms with E-state index in [1.165, 1.54) is 49.6 Å². The van der Waals surface area contributed by atoms with Gasteiger partial charge in [-0.2, -0.15) is 0 Å². The minimum Gasteiger partial charge on any atom is -0.465 e. The van der Waals surface area contributed by atoms with E-state index < -0.39 is 0 Å². The van der Waals surface area contributed by atoms with Crippen LogP contribution in [0.5, 0.6) is 0 Å². The summed E-state index contributed by atoms with van der Waals surface area (Å²) in [6, 6.07) is 15.0. The molecule has 0 bridgehead atoms. The molecule has 5 rings (SSSR count). The van der Waals surface area contributed by atoms with Gasteiger partial charge < -0.3 is 14.4 Å². The molecule has 0 radical (unpaired) electrons. The van der Waals surface area contributed by atoms with Gasteiger partial charge in [0, 0.05) is 23.8 Å². The Morgan fingerprint density at radius 2 is 1.57 bits per heavy atom. The van der Waals surface area contributed by atoms with Crippen molar-refractivity contribution in [2.45, 2.75) is 37.5 Å². The summed E-state index contributed by atoms with van der Waals surface area (Å²) in [7, 11) is 1.42. The zero-order chi connectivity index (χ0) is 19.1. The topological polar surface area (TPSA) is 38.8 Å². The van der Waals surface area contributed by atoms with Crippen LogP contribution >= 0.6 is 0 Å². The standard InChI is InChI=1S/C24H27NO3/c1-27-24(26)19-6-8-22(9-7-19)25(13-16-14-28-15-16)23-11-20(17-2-3-17)10-21(12-23)18-4-5-18/h6-12,16-18H,2-5,13-15H2,1H3. The largest absolute Gasteiger partial charge is 0.465 e. The molecule has 1 aliphatic heterocycles. The van der Waals surface area contributed by atoms with Gasteiger partial charge >= 0.3 is 5.97 Å². The number of anilines is 2. The van der Waals surface area contributed by atoms with Crippen LogP contribution in [0.25, 0.3) is 0 Å². The molecule has 4 heteroatoms. The highest BCUT2D eigenvalue weighted by Crippen LogP contribution is 2.47. The summed E-state index contributed by atoms with van der Waals surface area (Å²) in [5, 5.41) is 0. The van der Waals surface area contributed by atoms with E-state index in [1.54, 1.807) is 0 Å². The molecule has 0 spiro atoms. The molecule has 2 aromatic rings. The van der Waals surface area contributed by atoms with E-state index in [-0.39, 0.29) is 5.97 Å². The number of carbonyl (C=O) groups is 1. The fourth-order valence-corrected chi connectivity index (χ4v) is 4.02. The van der Waals surface area contributed by atoms with Gasteiger partial charge in [-0.25, -0.2) is 4.79 Å². The van der Waals surface area contributed by atoms with Gasteiger partial charge in [-0.1, -0.05) is 6.07 Å². The van der Waals surface area contributed by atoms with Gasteiger partial charge in [-0.3, -0.25) is 0 Å². The van der Waals surface area contributed by atoms with E-state index in [9.17, 15) is 4.79 Å². The fourth-order valence-electron chi connectivity index (χ4n) is 4.02. The van der Waals surface area contributed by atoms with Crippen molar-refractivity contribution in [2.75, 3.05) is 31.8 Å². The van der Waals surface area contributed by atoms with Crippen molar-refractivity contribution >= 4 is 17.3 Å². The first-order valence-electron chi connectivity index (χ1n) is 10.4. The van der Waals surface area contributed by atoms with Gasteiger partial charge in [0.15, 0.2) is 0 Å². The second kappa shape index (κ2) is 7.25. The van der Waals surface area contributed by atoms with Crippen molar-refractivity contribution in [3.63, 3.8) is 0 Å². The summed E-state index contributed by atoms with van der Waals surface area (Å²) in [6.45, 7) is 2.60. The third kappa shape index (κ3) is 3.66. The zero-order valence-electron chi connectivity index (χ0n) is 16.4. The van der Waals surface area contributed by atoms with Gasteiger partial charge in [0.2, 0.25) is 0 Å². The van der Waals surface area contributed by atoms with E-state index in [1.807, 2.05) is 24.3 Å². The van der Waals surface area contributed by atoms with Crippen LogP contribution in [0.2, 0.25) is 0 Å². The van der Waals surface area contributed by atoms with Gasteiger partial charge in [-0.15, -0.1) is 0 Å². The van der Waals surface area contributed by atoms with Gasteiger partial charge in [-0.05, 0) is 85.0 Å². The number of esters is 1. The van der Waals surface area contributed by atoms with Crippen molar-refractivity contribution in [2.24, 2.45) is 5.92 Å². The maximum absolute atomic E-state index is 11.8. The van der Waals surface area contributed by atoms with Crippen LogP contribution in [0.1, 0.15) is 59.0 Å². The smallest absolute Gasteiger partial charge is 0.337 e. The fraction of sp³-hybridized carbons (Fsp3) is 0.458. The lowest BCUT2D eigenvalue weighted by atomic mass is 10.0. The predicted molar refractivity (Wildman–Crippen MR) is 109 cm³/mol. The van der Waals surface area contributed by atoms with Gasteiger partial charge in [0.05, 0.1) is 25.9 Å². The molecule has 1 saturated heterocycles. The number of nitrogens with zero attached hydrogens (tertiary/aromatic N) is 1. The Morgan fingerprint density at radius 3 is 2.04 bits per heavy atom. The molecule has 0 N–H and O–H groups in total. The quantitative estimate of drug-likeness (QED) is 0.636. The van der Waals surface area contributed by atoms with Crippen molar-refractivity contribution in [1.29, 1.82) is 0 Å². The summed E-state index contributed by atoms with van der Waals surface area (Å²) >= 11 is 0.